The van der Waals surface area contributed by atoms with Crippen LogP contribution in [0.2, 0.25) is 0 Å². The Hall–Kier alpha value is -2.04. The van der Waals surface area contributed by atoms with Crippen molar-refractivity contribution in [1.82, 2.24) is 0 Å². The molecule has 0 amide bonds. The van der Waals surface area contributed by atoms with Crippen LogP contribution in [-0.2, 0) is 4.74 Å². The van der Waals surface area contributed by atoms with Crippen LogP contribution in [0.5, 0.6) is 0 Å². The molecule has 4 nitrogen and oxygen atoms in total. The maximum Gasteiger partial charge on any atom is 0.338 e. The minimum atomic E-state index is -0.582. The standard InChI is InChI=1S/C19H22ClNO3/c1-13(2)24-19(23)15-8-6-14(7-9-15)16-4-3-5-17(10-16)21-12-18(22)11-20/h3-10,13,18,21-22H,11-12H2,1-2H3. The predicted molar refractivity (Wildman–Crippen MR) is 97.6 cm³/mol. The van der Waals surface area contributed by atoms with Gasteiger partial charge in [-0.2, -0.15) is 0 Å². The smallest absolute Gasteiger partial charge is 0.338 e. The molecule has 0 radical (unpaired) electrons. The zero-order chi connectivity index (χ0) is 17.5. The molecule has 2 N–H and O–H groups in total. The second-order valence-corrected chi connectivity index (χ2v) is 6.11. The molecule has 2 rings (SSSR count). The summed E-state index contributed by atoms with van der Waals surface area (Å²) in [7, 11) is 0. The Kier molecular flexibility index (Phi) is 6.64. The van der Waals surface area contributed by atoms with Crippen molar-refractivity contribution < 1.29 is 14.6 Å². The van der Waals surface area contributed by atoms with E-state index in [9.17, 15) is 9.90 Å². The summed E-state index contributed by atoms with van der Waals surface area (Å²) >= 11 is 5.59. The molecule has 1 atom stereocenters. The third kappa shape index (κ3) is 5.25. The lowest BCUT2D eigenvalue weighted by atomic mass is 10.0. The number of aliphatic hydroxyl groups is 1. The van der Waals surface area contributed by atoms with Crippen LogP contribution in [0.1, 0.15) is 24.2 Å². The van der Waals surface area contributed by atoms with Gasteiger partial charge in [0.25, 0.3) is 0 Å². The molecular formula is C19H22ClNO3. The average Bonchev–Trinajstić information content (AvgIpc) is 2.59. The van der Waals surface area contributed by atoms with Crippen molar-refractivity contribution in [2.24, 2.45) is 0 Å². The molecule has 0 aliphatic carbocycles. The van der Waals surface area contributed by atoms with Crippen LogP contribution in [-0.4, -0.2) is 35.7 Å². The van der Waals surface area contributed by atoms with E-state index in [1.165, 1.54) is 0 Å². The average molecular weight is 348 g/mol. The number of hydrogen-bond donors (Lipinski definition) is 2. The second kappa shape index (κ2) is 8.71. The van der Waals surface area contributed by atoms with E-state index in [1.54, 1.807) is 12.1 Å². The lowest BCUT2D eigenvalue weighted by Crippen LogP contribution is -2.20. The number of carbonyl (C=O) groups excluding carboxylic acids is 1. The number of alkyl halides is 1. The highest BCUT2D eigenvalue weighted by Gasteiger charge is 2.09. The summed E-state index contributed by atoms with van der Waals surface area (Å²) in [6.45, 7) is 4.05. The summed E-state index contributed by atoms with van der Waals surface area (Å²) in [4.78, 5) is 11.9. The number of hydrogen-bond acceptors (Lipinski definition) is 4. The summed E-state index contributed by atoms with van der Waals surface area (Å²) in [5.41, 5.74) is 3.45. The normalized spacial score (nSPS) is 12.0. The molecule has 2 aromatic carbocycles. The van der Waals surface area contributed by atoms with E-state index in [4.69, 9.17) is 16.3 Å². The van der Waals surface area contributed by atoms with E-state index < -0.39 is 6.10 Å². The van der Waals surface area contributed by atoms with Gasteiger partial charge in [-0.05, 0) is 49.2 Å². The molecule has 1 unspecified atom stereocenters. The number of esters is 1. The summed E-state index contributed by atoms with van der Waals surface area (Å²) in [5.74, 6) is -0.122. The van der Waals surface area contributed by atoms with Crippen LogP contribution < -0.4 is 5.32 Å². The molecular weight excluding hydrogens is 326 g/mol. The highest BCUT2D eigenvalue weighted by molar-refractivity contribution is 6.18. The Labute approximate surface area is 147 Å². The van der Waals surface area contributed by atoms with Crippen molar-refractivity contribution in [2.75, 3.05) is 17.7 Å². The summed E-state index contributed by atoms with van der Waals surface area (Å²) in [6, 6.07) is 15.2. The molecule has 0 heterocycles. The summed E-state index contributed by atoms with van der Waals surface area (Å²) < 4.78 is 5.18. The van der Waals surface area contributed by atoms with Crippen LogP contribution in [0.3, 0.4) is 0 Å². The fraction of sp³-hybridized carbons (Fsp3) is 0.316. The Morgan fingerprint density at radius 2 is 1.88 bits per heavy atom. The fourth-order valence-corrected chi connectivity index (χ4v) is 2.29. The number of halogens is 1. The topological polar surface area (TPSA) is 58.6 Å². The largest absolute Gasteiger partial charge is 0.459 e. The number of rotatable bonds is 7. The van der Waals surface area contributed by atoms with Gasteiger partial charge in [-0.3, -0.25) is 0 Å². The molecule has 2 aromatic rings. The third-order valence-electron chi connectivity index (χ3n) is 3.38. The molecule has 24 heavy (non-hydrogen) atoms. The quantitative estimate of drug-likeness (QED) is 0.588. The van der Waals surface area contributed by atoms with Gasteiger partial charge >= 0.3 is 5.97 Å². The van der Waals surface area contributed by atoms with Crippen molar-refractivity contribution in [3.05, 3.63) is 54.1 Å². The van der Waals surface area contributed by atoms with Gasteiger partial charge in [0.2, 0.25) is 0 Å². The van der Waals surface area contributed by atoms with Gasteiger partial charge in [0.05, 0.1) is 23.7 Å². The molecule has 5 heteroatoms. The Morgan fingerprint density at radius 1 is 1.17 bits per heavy atom. The monoisotopic (exact) mass is 347 g/mol. The second-order valence-electron chi connectivity index (χ2n) is 5.80. The minimum absolute atomic E-state index is 0.136. The number of ether oxygens (including phenoxy) is 1. The zero-order valence-electron chi connectivity index (χ0n) is 13.8. The predicted octanol–water partition coefficient (Wildman–Crippen LogP) is 3.93. The molecule has 0 saturated carbocycles. The van der Waals surface area contributed by atoms with Crippen molar-refractivity contribution in [1.29, 1.82) is 0 Å². The lowest BCUT2D eigenvalue weighted by molar-refractivity contribution is 0.0378. The van der Waals surface area contributed by atoms with E-state index in [0.717, 1.165) is 16.8 Å². The van der Waals surface area contributed by atoms with E-state index in [-0.39, 0.29) is 18.0 Å². The minimum Gasteiger partial charge on any atom is -0.459 e. The van der Waals surface area contributed by atoms with Crippen molar-refractivity contribution >= 4 is 23.3 Å². The molecule has 0 spiro atoms. The Bertz CT molecular complexity index is 671. The number of carbonyl (C=O) groups is 1. The van der Waals surface area contributed by atoms with Gasteiger partial charge in [0, 0.05) is 12.2 Å². The number of anilines is 1. The SMILES string of the molecule is CC(C)OC(=O)c1ccc(-c2cccc(NCC(O)CCl)c2)cc1. The van der Waals surface area contributed by atoms with Crippen molar-refractivity contribution in [3.8, 4) is 11.1 Å². The molecule has 0 aromatic heterocycles. The van der Waals surface area contributed by atoms with Gasteiger partial charge < -0.3 is 15.2 Å². The Morgan fingerprint density at radius 3 is 2.50 bits per heavy atom. The molecule has 0 bridgehead atoms. The number of nitrogens with one attached hydrogen (secondary N) is 1. The van der Waals surface area contributed by atoms with Crippen molar-refractivity contribution in [2.45, 2.75) is 26.1 Å². The molecule has 128 valence electrons. The van der Waals surface area contributed by atoms with Gasteiger partial charge in [0.15, 0.2) is 0 Å². The summed E-state index contributed by atoms with van der Waals surface area (Å²) in [5, 5.41) is 12.7. The summed E-state index contributed by atoms with van der Waals surface area (Å²) in [6.07, 6.45) is -0.718. The van der Waals surface area contributed by atoms with E-state index in [0.29, 0.717) is 12.1 Å². The first-order chi connectivity index (χ1) is 11.5. The maximum atomic E-state index is 11.9. The first-order valence-electron chi connectivity index (χ1n) is 7.89. The lowest BCUT2D eigenvalue weighted by Gasteiger charge is -2.12. The van der Waals surface area contributed by atoms with Crippen LogP contribution >= 0.6 is 11.6 Å². The van der Waals surface area contributed by atoms with Crippen LogP contribution in [0.15, 0.2) is 48.5 Å². The van der Waals surface area contributed by atoms with Gasteiger partial charge in [-0.25, -0.2) is 4.79 Å². The first-order valence-corrected chi connectivity index (χ1v) is 8.42. The van der Waals surface area contributed by atoms with Crippen LogP contribution in [0.4, 0.5) is 5.69 Å². The van der Waals surface area contributed by atoms with Crippen molar-refractivity contribution in [3.63, 3.8) is 0 Å². The van der Waals surface area contributed by atoms with Crippen LogP contribution in [0.25, 0.3) is 11.1 Å². The van der Waals surface area contributed by atoms with Gasteiger partial charge in [-0.1, -0.05) is 24.3 Å². The highest BCUT2D eigenvalue weighted by Crippen LogP contribution is 2.23. The number of aliphatic hydroxyl groups excluding tert-OH is 1. The molecule has 0 aliphatic rings. The van der Waals surface area contributed by atoms with E-state index in [1.807, 2.05) is 50.2 Å². The van der Waals surface area contributed by atoms with Gasteiger partial charge in [-0.15, -0.1) is 11.6 Å². The molecule has 0 saturated heterocycles. The van der Waals surface area contributed by atoms with E-state index >= 15 is 0 Å². The van der Waals surface area contributed by atoms with Gasteiger partial charge in [0.1, 0.15) is 0 Å². The fourth-order valence-electron chi connectivity index (χ4n) is 2.18. The van der Waals surface area contributed by atoms with Crippen LogP contribution in [0, 0.1) is 0 Å². The molecule has 0 fully saturated rings. The zero-order valence-corrected chi connectivity index (χ0v) is 14.6. The third-order valence-corrected chi connectivity index (χ3v) is 3.74. The highest BCUT2D eigenvalue weighted by atomic mass is 35.5. The van der Waals surface area contributed by atoms with E-state index in [2.05, 4.69) is 5.32 Å². The maximum absolute atomic E-state index is 11.9. The molecule has 0 aliphatic heterocycles. The first kappa shape index (κ1) is 18.3. The number of benzene rings is 2. The Balaban J connectivity index is 2.10.